The zero-order valence-electron chi connectivity index (χ0n) is 8.55. The maximum atomic E-state index is 13.4. The molecule has 0 amide bonds. The molecule has 6 heteroatoms. The summed E-state index contributed by atoms with van der Waals surface area (Å²) in [5.74, 6) is -0.231. The molecular formula is C10H10FN3OS. The average Bonchev–Trinajstić information content (AvgIpc) is 2.81. The van der Waals surface area contributed by atoms with Crippen LogP contribution in [0.4, 0.5) is 4.39 Å². The highest BCUT2D eigenvalue weighted by Gasteiger charge is 2.13. The lowest BCUT2D eigenvalue weighted by molar-refractivity contribution is 0.386. The van der Waals surface area contributed by atoms with Crippen molar-refractivity contribution in [2.24, 2.45) is 5.73 Å². The predicted molar refractivity (Wildman–Crippen MR) is 58.9 cm³/mol. The Morgan fingerprint density at radius 2 is 2.31 bits per heavy atom. The zero-order valence-corrected chi connectivity index (χ0v) is 9.37. The molecule has 1 unspecified atom stereocenters. The summed E-state index contributed by atoms with van der Waals surface area (Å²) in [7, 11) is 1.42. The van der Waals surface area contributed by atoms with E-state index in [-0.39, 0.29) is 5.75 Å². The summed E-state index contributed by atoms with van der Waals surface area (Å²) >= 11 is 1.21. The Hall–Kier alpha value is -1.53. The van der Waals surface area contributed by atoms with Gasteiger partial charge < -0.3 is 10.5 Å². The zero-order chi connectivity index (χ0) is 11.5. The van der Waals surface area contributed by atoms with E-state index in [2.05, 4.69) is 9.59 Å². The summed E-state index contributed by atoms with van der Waals surface area (Å²) in [4.78, 5) is 0. The maximum absolute atomic E-state index is 13.4. The van der Waals surface area contributed by atoms with E-state index in [0.29, 0.717) is 11.3 Å². The number of benzene rings is 1. The molecule has 1 heterocycles. The monoisotopic (exact) mass is 239 g/mol. The number of halogens is 1. The minimum Gasteiger partial charge on any atom is -0.494 e. The second kappa shape index (κ2) is 4.54. The molecular weight excluding hydrogens is 229 g/mol. The summed E-state index contributed by atoms with van der Waals surface area (Å²) < 4.78 is 22.0. The summed E-state index contributed by atoms with van der Waals surface area (Å²) in [5.41, 5.74) is 7.20. The van der Waals surface area contributed by atoms with Crippen LogP contribution in [0.15, 0.2) is 23.6 Å². The number of hydrogen-bond donors (Lipinski definition) is 1. The van der Waals surface area contributed by atoms with Crippen LogP contribution in [-0.2, 0) is 0 Å². The smallest absolute Gasteiger partial charge is 0.165 e. The minimum atomic E-state index is -0.459. The van der Waals surface area contributed by atoms with Crippen LogP contribution in [0.5, 0.6) is 5.75 Å². The van der Waals surface area contributed by atoms with Crippen molar-refractivity contribution in [2.45, 2.75) is 6.04 Å². The van der Waals surface area contributed by atoms with E-state index < -0.39 is 11.9 Å². The number of ether oxygens (including phenoxy) is 1. The maximum Gasteiger partial charge on any atom is 0.165 e. The highest BCUT2D eigenvalue weighted by atomic mass is 32.1. The lowest BCUT2D eigenvalue weighted by Crippen LogP contribution is -2.12. The highest BCUT2D eigenvalue weighted by molar-refractivity contribution is 7.03. The van der Waals surface area contributed by atoms with Crippen molar-refractivity contribution in [1.29, 1.82) is 0 Å². The lowest BCUT2D eigenvalue weighted by atomic mass is 10.1. The first kappa shape index (κ1) is 11.0. The molecule has 2 aromatic rings. The van der Waals surface area contributed by atoms with Gasteiger partial charge in [-0.05, 0) is 29.2 Å². The van der Waals surface area contributed by atoms with Crippen molar-refractivity contribution in [3.8, 4) is 5.75 Å². The molecule has 0 fully saturated rings. The third kappa shape index (κ3) is 2.02. The van der Waals surface area contributed by atoms with Gasteiger partial charge in [-0.25, -0.2) is 4.39 Å². The normalized spacial score (nSPS) is 12.4. The van der Waals surface area contributed by atoms with Crippen molar-refractivity contribution in [1.82, 2.24) is 9.59 Å². The molecule has 84 valence electrons. The fraction of sp³-hybridized carbons (Fsp3) is 0.200. The Balaban J connectivity index is 2.31. The quantitative estimate of drug-likeness (QED) is 0.886. The molecule has 4 nitrogen and oxygen atoms in total. The summed E-state index contributed by atoms with van der Waals surface area (Å²) in [6.07, 6.45) is 0. The van der Waals surface area contributed by atoms with E-state index in [1.54, 1.807) is 17.5 Å². The number of nitrogens with two attached hydrogens (primary N) is 1. The molecule has 2 rings (SSSR count). The summed E-state index contributed by atoms with van der Waals surface area (Å²) in [5, 5.41) is 5.60. The molecule has 1 aromatic heterocycles. The van der Waals surface area contributed by atoms with Crippen molar-refractivity contribution >= 4 is 11.5 Å². The second-order valence-corrected chi connectivity index (χ2v) is 3.81. The number of nitrogens with zero attached hydrogens (tertiary/aromatic N) is 2. The first-order chi connectivity index (χ1) is 7.72. The topological polar surface area (TPSA) is 61.0 Å². The van der Waals surface area contributed by atoms with E-state index in [1.165, 1.54) is 24.7 Å². The fourth-order valence-corrected chi connectivity index (χ4v) is 1.84. The molecule has 1 aromatic carbocycles. The van der Waals surface area contributed by atoms with Crippen LogP contribution in [0.2, 0.25) is 0 Å². The minimum absolute atomic E-state index is 0.201. The second-order valence-electron chi connectivity index (χ2n) is 3.20. The number of hydrogen-bond acceptors (Lipinski definition) is 5. The Labute approximate surface area is 96.0 Å². The van der Waals surface area contributed by atoms with Crippen molar-refractivity contribution in [3.63, 3.8) is 0 Å². The Bertz CT molecular complexity index is 475. The van der Waals surface area contributed by atoms with E-state index >= 15 is 0 Å². The Kier molecular flexibility index (Phi) is 3.12. The molecule has 0 saturated heterocycles. The van der Waals surface area contributed by atoms with Gasteiger partial charge in [0.05, 0.1) is 18.8 Å². The van der Waals surface area contributed by atoms with Gasteiger partial charge in [-0.15, -0.1) is 5.10 Å². The average molecular weight is 239 g/mol. The van der Waals surface area contributed by atoms with Gasteiger partial charge >= 0.3 is 0 Å². The molecule has 1 atom stereocenters. The van der Waals surface area contributed by atoms with Gasteiger partial charge in [0.2, 0.25) is 0 Å². The molecule has 0 bridgehead atoms. The molecule has 0 aliphatic rings. The van der Waals surface area contributed by atoms with Crippen LogP contribution in [-0.4, -0.2) is 16.7 Å². The molecule has 0 radical (unpaired) electrons. The first-order valence-corrected chi connectivity index (χ1v) is 5.42. The number of rotatable bonds is 3. The van der Waals surface area contributed by atoms with Crippen LogP contribution in [0.3, 0.4) is 0 Å². The first-order valence-electron chi connectivity index (χ1n) is 4.58. The fourth-order valence-electron chi connectivity index (χ4n) is 1.35. The van der Waals surface area contributed by atoms with Gasteiger partial charge in [-0.1, -0.05) is 10.6 Å². The third-order valence-electron chi connectivity index (χ3n) is 2.23. The molecule has 0 saturated carbocycles. The highest BCUT2D eigenvalue weighted by Crippen LogP contribution is 2.23. The van der Waals surface area contributed by atoms with E-state index in [0.717, 1.165) is 0 Å². The van der Waals surface area contributed by atoms with Crippen molar-refractivity contribution in [2.75, 3.05) is 7.11 Å². The molecule has 0 spiro atoms. The van der Waals surface area contributed by atoms with Gasteiger partial charge in [-0.3, -0.25) is 0 Å². The van der Waals surface area contributed by atoms with E-state index in [9.17, 15) is 4.39 Å². The van der Waals surface area contributed by atoms with Gasteiger partial charge in [0.15, 0.2) is 11.6 Å². The lowest BCUT2D eigenvalue weighted by Gasteiger charge is -2.10. The number of aromatic nitrogens is 2. The molecule has 0 aliphatic carbocycles. The van der Waals surface area contributed by atoms with Gasteiger partial charge in [0.25, 0.3) is 0 Å². The predicted octanol–water partition coefficient (Wildman–Crippen LogP) is 1.73. The van der Waals surface area contributed by atoms with Crippen molar-refractivity contribution < 1.29 is 9.13 Å². The summed E-state index contributed by atoms with van der Waals surface area (Å²) in [6.45, 7) is 0. The van der Waals surface area contributed by atoms with E-state index in [4.69, 9.17) is 10.5 Å². The van der Waals surface area contributed by atoms with Gasteiger partial charge in [0.1, 0.15) is 0 Å². The van der Waals surface area contributed by atoms with Crippen LogP contribution < -0.4 is 10.5 Å². The van der Waals surface area contributed by atoms with Crippen LogP contribution in [0, 0.1) is 5.82 Å². The largest absolute Gasteiger partial charge is 0.494 e. The Morgan fingerprint density at radius 3 is 2.88 bits per heavy atom. The van der Waals surface area contributed by atoms with Crippen LogP contribution >= 0.6 is 11.5 Å². The van der Waals surface area contributed by atoms with E-state index in [1.807, 2.05) is 0 Å². The molecule has 16 heavy (non-hydrogen) atoms. The van der Waals surface area contributed by atoms with Gasteiger partial charge in [-0.2, -0.15) is 0 Å². The standard InChI is InChI=1S/C10H10FN3OS/c1-15-9-3-2-6(4-7(9)11)10(12)8-5-16-14-13-8/h2-5,10H,12H2,1H3. The molecule has 2 N–H and O–H groups in total. The SMILES string of the molecule is COc1ccc(C(N)c2csnn2)cc1F. The van der Waals surface area contributed by atoms with Crippen molar-refractivity contribution in [3.05, 3.63) is 40.7 Å². The molecule has 0 aliphatic heterocycles. The van der Waals surface area contributed by atoms with Crippen LogP contribution in [0.25, 0.3) is 0 Å². The Morgan fingerprint density at radius 1 is 1.50 bits per heavy atom. The number of methoxy groups -OCH3 is 1. The van der Waals surface area contributed by atoms with Crippen LogP contribution in [0.1, 0.15) is 17.3 Å². The third-order valence-corrected chi connectivity index (χ3v) is 2.75. The van der Waals surface area contributed by atoms with Gasteiger partial charge in [0, 0.05) is 5.38 Å². The summed E-state index contributed by atoms with van der Waals surface area (Å²) in [6, 6.07) is 4.15.